The predicted molar refractivity (Wildman–Crippen MR) is 186 cm³/mol. The number of hydrogen-bond donors (Lipinski definition) is 1. The predicted octanol–water partition coefficient (Wildman–Crippen LogP) is 4.86. The van der Waals surface area contributed by atoms with Gasteiger partial charge in [0.15, 0.2) is 11.9 Å². The third-order valence-corrected chi connectivity index (χ3v) is 9.07. The standard InChI is InChI=1S/C39H48O13/c1-21-32(48-24(4)41)18-30-31(45)17-29(20-47-23(3)40)34(52-35(46)16-15-28-13-11-10-12-14-28)19-33(49-25(5)42)22(2)37(50-26(6)43)38(51-27(7)44)36(21)39(30,8)9/h10-17,30-34,38,45H,18-20H2,1-9H3/b16-15+,29-17+,37-22?/t30-,31-,32-,33-,34-,38+/m0/s1. The molecule has 0 saturated heterocycles. The highest BCUT2D eigenvalue weighted by atomic mass is 16.6. The van der Waals surface area contributed by atoms with Crippen molar-refractivity contribution in [3.05, 3.63) is 76.1 Å². The lowest BCUT2D eigenvalue weighted by Crippen LogP contribution is -2.48. The summed E-state index contributed by atoms with van der Waals surface area (Å²) in [4.78, 5) is 75.8. The summed E-state index contributed by atoms with van der Waals surface area (Å²) in [7, 11) is 0. The minimum atomic E-state index is -1.42. The second-order valence-corrected chi connectivity index (χ2v) is 13.4. The summed E-state index contributed by atoms with van der Waals surface area (Å²) in [5, 5.41) is 12.0. The fourth-order valence-corrected chi connectivity index (χ4v) is 6.75. The minimum Gasteiger partial charge on any atom is -0.461 e. The molecule has 0 saturated carbocycles. The minimum absolute atomic E-state index is 0.110. The first-order valence-corrected chi connectivity index (χ1v) is 16.9. The third kappa shape index (κ3) is 11.0. The lowest BCUT2D eigenvalue weighted by Gasteiger charge is -2.48. The van der Waals surface area contributed by atoms with Crippen LogP contribution in [0.2, 0.25) is 0 Å². The maximum atomic E-state index is 13.4. The molecule has 0 aromatic heterocycles. The van der Waals surface area contributed by atoms with E-state index in [1.54, 1.807) is 45.0 Å². The van der Waals surface area contributed by atoms with E-state index in [0.717, 1.165) is 13.8 Å². The zero-order chi connectivity index (χ0) is 38.9. The molecule has 0 amide bonds. The molecule has 282 valence electrons. The second kappa shape index (κ2) is 17.9. The largest absolute Gasteiger partial charge is 0.461 e. The summed E-state index contributed by atoms with van der Waals surface area (Å²) in [5.74, 6) is -5.30. The van der Waals surface area contributed by atoms with Gasteiger partial charge in [-0.1, -0.05) is 44.2 Å². The van der Waals surface area contributed by atoms with Crippen LogP contribution in [0.15, 0.2) is 70.5 Å². The Labute approximate surface area is 303 Å². The van der Waals surface area contributed by atoms with Gasteiger partial charge in [0.1, 0.15) is 24.9 Å². The van der Waals surface area contributed by atoms with Crippen LogP contribution >= 0.6 is 0 Å². The van der Waals surface area contributed by atoms with E-state index < -0.39 is 84.3 Å². The van der Waals surface area contributed by atoms with Gasteiger partial charge >= 0.3 is 35.8 Å². The fourth-order valence-electron chi connectivity index (χ4n) is 6.75. The molecular formula is C39H48O13. The van der Waals surface area contributed by atoms with E-state index >= 15 is 0 Å². The summed E-state index contributed by atoms with van der Waals surface area (Å²) in [6, 6.07) is 8.97. The van der Waals surface area contributed by atoms with E-state index in [1.807, 2.05) is 6.07 Å². The zero-order valence-electron chi connectivity index (χ0n) is 31.1. The Morgan fingerprint density at radius 2 is 1.33 bits per heavy atom. The monoisotopic (exact) mass is 724 g/mol. The number of esters is 6. The van der Waals surface area contributed by atoms with E-state index in [1.165, 1.54) is 45.9 Å². The number of hydrogen-bond acceptors (Lipinski definition) is 13. The molecule has 2 bridgehead atoms. The third-order valence-electron chi connectivity index (χ3n) is 9.07. The highest BCUT2D eigenvalue weighted by Crippen LogP contribution is 2.51. The molecule has 52 heavy (non-hydrogen) atoms. The van der Waals surface area contributed by atoms with Crippen molar-refractivity contribution < 1.29 is 62.3 Å². The lowest BCUT2D eigenvalue weighted by atomic mass is 9.60. The summed E-state index contributed by atoms with van der Waals surface area (Å²) >= 11 is 0. The molecule has 0 radical (unpaired) electrons. The molecule has 0 aliphatic heterocycles. The van der Waals surface area contributed by atoms with Crippen LogP contribution in [0.5, 0.6) is 0 Å². The van der Waals surface area contributed by atoms with Crippen LogP contribution in [0.4, 0.5) is 0 Å². The normalized spacial score (nSPS) is 25.8. The lowest BCUT2D eigenvalue weighted by molar-refractivity contribution is -0.152. The van der Waals surface area contributed by atoms with Gasteiger partial charge in [-0.25, -0.2) is 4.79 Å². The molecule has 0 fully saturated rings. The summed E-state index contributed by atoms with van der Waals surface area (Å²) in [5.41, 5.74) is 0.806. The number of carbonyl (C=O) groups excluding carboxylic acids is 6. The number of fused-ring (bicyclic) bond motifs is 2. The molecule has 1 aromatic carbocycles. The van der Waals surface area contributed by atoms with Crippen LogP contribution in [-0.4, -0.2) is 78.0 Å². The molecule has 0 spiro atoms. The molecule has 1 N–H and O–H groups in total. The van der Waals surface area contributed by atoms with Gasteiger partial charge in [-0.3, -0.25) is 24.0 Å². The Hall–Kier alpha value is -5.04. The Morgan fingerprint density at radius 1 is 0.750 bits per heavy atom. The van der Waals surface area contributed by atoms with E-state index in [9.17, 15) is 33.9 Å². The van der Waals surface area contributed by atoms with Gasteiger partial charge in [0, 0.05) is 64.2 Å². The average Bonchev–Trinajstić information content (AvgIpc) is 3.03. The van der Waals surface area contributed by atoms with Crippen molar-refractivity contribution in [2.24, 2.45) is 11.3 Å². The van der Waals surface area contributed by atoms with Crippen molar-refractivity contribution in [3.8, 4) is 0 Å². The number of aliphatic hydroxyl groups excluding tert-OH is 1. The van der Waals surface area contributed by atoms with Gasteiger partial charge in [-0.05, 0) is 54.5 Å². The quantitative estimate of drug-likeness (QED) is 0.158. The molecule has 13 heteroatoms. The van der Waals surface area contributed by atoms with Crippen LogP contribution in [0.1, 0.15) is 80.7 Å². The highest BCUT2D eigenvalue weighted by Gasteiger charge is 2.50. The first-order chi connectivity index (χ1) is 24.3. The van der Waals surface area contributed by atoms with Crippen LogP contribution in [0.25, 0.3) is 6.08 Å². The van der Waals surface area contributed by atoms with Gasteiger partial charge < -0.3 is 33.5 Å². The molecule has 2 aliphatic carbocycles. The van der Waals surface area contributed by atoms with Crippen LogP contribution < -0.4 is 0 Å². The first kappa shape index (κ1) is 41.4. The van der Waals surface area contributed by atoms with Crippen molar-refractivity contribution >= 4 is 41.9 Å². The van der Waals surface area contributed by atoms with Crippen molar-refractivity contribution in [2.75, 3.05) is 6.61 Å². The summed E-state index contributed by atoms with van der Waals surface area (Å²) in [6.45, 7) is 12.3. The number of ether oxygens (including phenoxy) is 6. The van der Waals surface area contributed by atoms with Crippen LogP contribution in [0, 0.1) is 11.3 Å². The molecule has 3 rings (SSSR count). The van der Waals surface area contributed by atoms with Gasteiger partial charge in [-0.2, -0.15) is 0 Å². The topological polar surface area (TPSA) is 178 Å². The highest BCUT2D eigenvalue weighted by molar-refractivity contribution is 5.87. The zero-order valence-corrected chi connectivity index (χ0v) is 31.1. The maximum absolute atomic E-state index is 13.4. The number of aliphatic hydroxyl groups is 1. The van der Waals surface area contributed by atoms with Gasteiger partial charge in [0.25, 0.3) is 0 Å². The van der Waals surface area contributed by atoms with E-state index in [0.29, 0.717) is 16.7 Å². The Morgan fingerprint density at radius 3 is 1.87 bits per heavy atom. The molecule has 2 aliphatic rings. The van der Waals surface area contributed by atoms with E-state index in [-0.39, 0.29) is 29.7 Å². The van der Waals surface area contributed by atoms with Crippen molar-refractivity contribution in [2.45, 2.75) is 106 Å². The number of rotatable bonds is 9. The van der Waals surface area contributed by atoms with Crippen molar-refractivity contribution in [3.63, 3.8) is 0 Å². The maximum Gasteiger partial charge on any atom is 0.331 e. The Bertz CT molecular complexity index is 1660. The molecule has 13 nitrogen and oxygen atoms in total. The number of carbonyl (C=O) groups is 6. The average molecular weight is 725 g/mol. The van der Waals surface area contributed by atoms with Crippen LogP contribution in [-0.2, 0) is 57.2 Å². The van der Waals surface area contributed by atoms with Gasteiger partial charge in [0.05, 0.1) is 6.10 Å². The van der Waals surface area contributed by atoms with Crippen LogP contribution in [0.3, 0.4) is 0 Å². The van der Waals surface area contributed by atoms with Crippen molar-refractivity contribution in [1.29, 1.82) is 0 Å². The van der Waals surface area contributed by atoms with Gasteiger partial charge in [-0.15, -0.1) is 0 Å². The Kier molecular flexibility index (Phi) is 14.3. The number of benzene rings is 1. The summed E-state index contributed by atoms with van der Waals surface area (Å²) in [6.07, 6.45) is -2.31. The molecule has 1 aromatic rings. The van der Waals surface area contributed by atoms with E-state index in [4.69, 9.17) is 28.4 Å². The smallest absolute Gasteiger partial charge is 0.331 e. The SMILES string of the molecule is CC(=O)OC/C1=C\[C@H](O)[C@@H]2C[C@H](OC(C)=O)C(C)=C([C@@H](OC(C)=O)C(OC(C)=O)=C(C)[C@@H](OC(C)=O)C[C@@H]1OC(=O)/C=C/c1ccccc1)C2(C)C. The Balaban J connectivity index is 2.42. The molecular weight excluding hydrogens is 676 g/mol. The molecule has 6 atom stereocenters. The van der Waals surface area contributed by atoms with Gasteiger partial charge in [0.2, 0.25) is 0 Å². The van der Waals surface area contributed by atoms with Crippen molar-refractivity contribution in [1.82, 2.24) is 0 Å². The molecule has 0 heterocycles. The first-order valence-electron chi connectivity index (χ1n) is 16.9. The van der Waals surface area contributed by atoms with E-state index in [2.05, 4.69) is 0 Å². The second-order valence-electron chi connectivity index (χ2n) is 13.4. The molecule has 0 unspecified atom stereocenters. The fraction of sp³-hybridized carbons (Fsp3) is 0.487. The summed E-state index contributed by atoms with van der Waals surface area (Å²) < 4.78 is 34.5.